The van der Waals surface area contributed by atoms with E-state index in [0.717, 1.165) is 0 Å². The van der Waals surface area contributed by atoms with E-state index in [0.29, 0.717) is 18.1 Å². The Labute approximate surface area is 94.7 Å². The van der Waals surface area contributed by atoms with Crippen LogP contribution in [-0.2, 0) is 0 Å². The van der Waals surface area contributed by atoms with Gasteiger partial charge in [0.1, 0.15) is 11.5 Å². The molecule has 0 aliphatic carbocycles. The van der Waals surface area contributed by atoms with Gasteiger partial charge in [-0.15, -0.1) is 12.4 Å². The Kier molecular flexibility index (Phi) is 5.66. The van der Waals surface area contributed by atoms with Crippen LogP contribution in [0.4, 0.5) is 5.82 Å². The van der Waals surface area contributed by atoms with Crippen molar-refractivity contribution < 1.29 is 4.79 Å². The quantitative estimate of drug-likeness (QED) is 0.690. The second-order valence-electron chi connectivity index (χ2n) is 3.06. The fourth-order valence-electron chi connectivity index (χ4n) is 0.935. The molecule has 0 saturated heterocycles. The smallest absolute Gasteiger partial charge is 0.270 e. The van der Waals surface area contributed by atoms with E-state index < -0.39 is 0 Å². The normalized spacial score (nSPS) is 11.3. The van der Waals surface area contributed by atoms with Crippen molar-refractivity contribution in [3.05, 3.63) is 23.9 Å². The number of anilines is 1. The monoisotopic (exact) mass is 230 g/mol. The summed E-state index contributed by atoms with van der Waals surface area (Å²) >= 11 is 0. The molecule has 0 aliphatic heterocycles. The number of nitrogens with one attached hydrogen (secondary N) is 1. The third-order valence-electron chi connectivity index (χ3n) is 1.73. The Balaban J connectivity index is 0.00000196. The zero-order chi connectivity index (χ0) is 10.6. The molecule has 0 spiro atoms. The fraction of sp³-hybridized carbons (Fsp3) is 0.333. The lowest BCUT2D eigenvalue weighted by Gasteiger charge is -2.10. The number of hydrogen-bond acceptors (Lipinski definition) is 4. The number of halogens is 1. The lowest BCUT2D eigenvalue weighted by molar-refractivity contribution is 0.0936. The highest BCUT2D eigenvalue weighted by molar-refractivity contribution is 5.92. The highest BCUT2D eigenvalue weighted by Gasteiger charge is 2.09. The molecule has 0 bridgehead atoms. The van der Waals surface area contributed by atoms with Crippen LogP contribution in [0.25, 0.3) is 0 Å². The standard InChI is InChI=1S/C9H14N4O.ClH/c1-6(5-10)12-9(14)7-3-2-4-8(11)13-7;/h2-4,6H,5,10H2,1H3,(H2,11,13)(H,12,14);1H/t6-;/m1./s1. The molecule has 1 aromatic rings. The van der Waals surface area contributed by atoms with Crippen LogP contribution in [0.5, 0.6) is 0 Å². The van der Waals surface area contributed by atoms with Gasteiger partial charge in [-0.1, -0.05) is 6.07 Å². The van der Waals surface area contributed by atoms with Crippen LogP contribution in [0.15, 0.2) is 18.2 Å². The third kappa shape index (κ3) is 4.14. The summed E-state index contributed by atoms with van der Waals surface area (Å²) in [6, 6.07) is 4.85. The summed E-state index contributed by atoms with van der Waals surface area (Å²) in [5.41, 5.74) is 11.1. The summed E-state index contributed by atoms with van der Waals surface area (Å²) in [5.74, 6) is 0.0771. The molecule has 0 unspecified atom stereocenters. The van der Waals surface area contributed by atoms with Crippen LogP contribution in [-0.4, -0.2) is 23.5 Å². The predicted molar refractivity (Wildman–Crippen MR) is 61.9 cm³/mol. The number of pyridine rings is 1. The van der Waals surface area contributed by atoms with Gasteiger partial charge in [-0.3, -0.25) is 4.79 Å². The maximum absolute atomic E-state index is 11.5. The minimum absolute atomic E-state index is 0. The van der Waals surface area contributed by atoms with Crippen molar-refractivity contribution in [2.24, 2.45) is 5.73 Å². The number of aromatic nitrogens is 1. The lowest BCUT2D eigenvalue weighted by Crippen LogP contribution is -2.38. The molecule has 5 nitrogen and oxygen atoms in total. The maximum atomic E-state index is 11.5. The average Bonchev–Trinajstić information content (AvgIpc) is 2.17. The van der Waals surface area contributed by atoms with Crippen LogP contribution >= 0.6 is 12.4 Å². The van der Waals surface area contributed by atoms with Crippen molar-refractivity contribution >= 4 is 24.1 Å². The first-order valence-electron chi connectivity index (χ1n) is 4.37. The summed E-state index contributed by atoms with van der Waals surface area (Å²) in [6.07, 6.45) is 0. The topological polar surface area (TPSA) is 94.0 Å². The minimum atomic E-state index is -0.254. The summed E-state index contributed by atoms with van der Waals surface area (Å²) in [4.78, 5) is 15.4. The highest BCUT2D eigenvalue weighted by atomic mass is 35.5. The molecular formula is C9H15ClN4O. The Morgan fingerprint density at radius 3 is 2.80 bits per heavy atom. The zero-order valence-corrected chi connectivity index (χ0v) is 9.25. The molecule has 0 aromatic carbocycles. The van der Waals surface area contributed by atoms with Crippen molar-refractivity contribution in [2.75, 3.05) is 12.3 Å². The van der Waals surface area contributed by atoms with Crippen LogP contribution in [0.3, 0.4) is 0 Å². The SMILES string of the molecule is C[C@H](CN)NC(=O)c1cccc(N)n1.Cl. The fourth-order valence-corrected chi connectivity index (χ4v) is 0.935. The number of carbonyl (C=O) groups excluding carboxylic acids is 1. The molecule has 0 fully saturated rings. The van der Waals surface area contributed by atoms with Crippen LogP contribution in [0.1, 0.15) is 17.4 Å². The molecule has 5 N–H and O–H groups in total. The van der Waals surface area contributed by atoms with Gasteiger partial charge in [0, 0.05) is 12.6 Å². The third-order valence-corrected chi connectivity index (χ3v) is 1.73. The Bertz CT molecular complexity index is 332. The molecule has 0 saturated carbocycles. The summed E-state index contributed by atoms with van der Waals surface area (Å²) in [6.45, 7) is 2.22. The minimum Gasteiger partial charge on any atom is -0.384 e. The van der Waals surface area contributed by atoms with Crippen molar-refractivity contribution in [2.45, 2.75) is 13.0 Å². The molecule has 1 amide bonds. The predicted octanol–water partition coefficient (Wildman–Crippen LogP) is 0.163. The van der Waals surface area contributed by atoms with Crippen LogP contribution in [0.2, 0.25) is 0 Å². The molecular weight excluding hydrogens is 216 g/mol. The van der Waals surface area contributed by atoms with Crippen molar-refractivity contribution in [3.8, 4) is 0 Å². The van der Waals surface area contributed by atoms with E-state index in [1.165, 1.54) is 0 Å². The average molecular weight is 231 g/mol. The lowest BCUT2D eigenvalue weighted by atomic mass is 10.3. The molecule has 1 rings (SSSR count). The number of rotatable bonds is 3. The highest BCUT2D eigenvalue weighted by Crippen LogP contribution is 2.00. The van der Waals surface area contributed by atoms with E-state index in [2.05, 4.69) is 10.3 Å². The second-order valence-corrected chi connectivity index (χ2v) is 3.06. The van der Waals surface area contributed by atoms with E-state index in [1.54, 1.807) is 18.2 Å². The summed E-state index contributed by atoms with van der Waals surface area (Å²) in [7, 11) is 0. The first-order valence-corrected chi connectivity index (χ1v) is 4.37. The van der Waals surface area contributed by atoms with Gasteiger partial charge >= 0.3 is 0 Å². The molecule has 0 aliphatic rings. The van der Waals surface area contributed by atoms with Crippen molar-refractivity contribution in [1.82, 2.24) is 10.3 Å². The van der Waals surface area contributed by atoms with E-state index in [9.17, 15) is 4.79 Å². The number of amides is 1. The number of nitrogens with two attached hydrogens (primary N) is 2. The first kappa shape index (κ1) is 13.7. The molecule has 84 valence electrons. The van der Waals surface area contributed by atoms with Crippen LogP contribution in [0, 0.1) is 0 Å². The largest absolute Gasteiger partial charge is 0.384 e. The van der Waals surface area contributed by atoms with E-state index in [1.807, 2.05) is 6.92 Å². The van der Waals surface area contributed by atoms with Crippen LogP contribution < -0.4 is 16.8 Å². The van der Waals surface area contributed by atoms with Gasteiger partial charge in [0.15, 0.2) is 0 Å². The van der Waals surface area contributed by atoms with Gasteiger partial charge in [-0.2, -0.15) is 0 Å². The van der Waals surface area contributed by atoms with Gasteiger partial charge in [0.05, 0.1) is 0 Å². The Morgan fingerprint density at radius 1 is 1.60 bits per heavy atom. The van der Waals surface area contributed by atoms with E-state index in [-0.39, 0.29) is 24.4 Å². The Hall–Kier alpha value is -1.33. The first-order chi connectivity index (χ1) is 6.63. The number of hydrogen-bond donors (Lipinski definition) is 3. The van der Waals surface area contributed by atoms with Gasteiger partial charge in [0.2, 0.25) is 0 Å². The molecule has 0 radical (unpaired) electrons. The van der Waals surface area contributed by atoms with Gasteiger partial charge in [-0.05, 0) is 19.1 Å². The van der Waals surface area contributed by atoms with E-state index in [4.69, 9.17) is 11.5 Å². The molecule has 1 atom stereocenters. The zero-order valence-electron chi connectivity index (χ0n) is 8.43. The van der Waals surface area contributed by atoms with Crippen molar-refractivity contribution in [3.63, 3.8) is 0 Å². The molecule has 1 heterocycles. The number of carbonyl (C=O) groups is 1. The van der Waals surface area contributed by atoms with E-state index >= 15 is 0 Å². The second kappa shape index (κ2) is 6.21. The van der Waals surface area contributed by atoms with Gasteiger partial charge < -0.3 is 16.8 Å². The summed E-state index contributed by atoms with van der Waals surface area (Å²) in [5, 5.41) is 2.69. The van der Waals surface area contributed by atoms with Gasteiger partial charge in [0.25, 0.3) is 5.91 Å². The Morgan fingerprint density at radius 2 is 2.27 bits per heavy atom. The molecule has 6 heteroatoms. The number of nitrogen functional groups attached to an aromatic ring is 1. The molecule has 1 aromatic heterocycles. The molecule has 15 heavy (non-hydrogen) atoms. The van der Waals surface area contributed by atoms with Crippen molar-refractivity contribution in [1.29, 1.82) is 0 Å². The van der Waals surface area contributed by atoms with Gasteiger partial charge in [-0.25, -0.2) is 4.98 Å². The summed E-state index contributed by atoms with van der Waals surface area (Å²) < 4.78 is 0. The maximum Gasteiger partial charge on any atom is 0.270 e. The number of nitrogens with zero attached hydrogens (tertiary/aromatic N) is 1.